The second-order valence-corrected chi connectivity index (χ2v) is 6.82. The summed E-state index contributed by atoms with van der Waals surface area (Å²) in [4.78, 5) is 30.2. The van der Waals surface area contributed by atoms with E-state index in [0.29, 0.717) is 18.3 Å². The highest BCUT2D eigenvalue weighted by molar-refractivity contribution is 5.93. The highest BCUT2D eigenvalue weighted by atomic mass is 19.4. The maximum atomic E-state index is 12.4. The Bertz CT molecular complexity index is 1090. The summed E-state index contributed by atoms with van der Waals surface area (Å²) >= 11 is 0. The van der Waals surface area contributed by atoms with Gasteiger partial charge in [0.15, 0.2) is 0 Å². The summed E-state index contributed by atoms with van der Waals surface area (Å²) in [5.41, 5.74) is 8.90. The number of imidazole rings is 1. The van der Waals surface area contributed by atoms with E-state index in [4.69, 9.17) is 15.6 Å². The summed E-state index contributed by atoms with van der Waals surface area (Å²) in [6, 6.07) is 12.2. The summed E-state index contributed by atoms with van der Waals surface area (Å²) in [6.45, 7) is 0.668. The number of para-hydroxylation sites is 2. The number of nitrogens with zero attached hydrogens (tertiary/aromatic N) is 3. The second kappa shape index (κ2) is 9.13. The van der Waals surface area contributed by atoms with Crippen LogP contribution in [0, 0.1) is 0 Å². The molecule has 0 atom stereocenters. The lowest BCUT2D eigenvalue weighted by atomic mass is 10.2. The average molecular weight is 435 g/mol. The molecule has 1 aliphatic rings. The Hall–Kier alpha value is -3.47. The molecule has 0 aliphatic heterocycles. The molecule has 1 aliphatic carbocycles. The van der Waals surface area contributed by atoms with Gasteiger partial charge in [0, 0.05) is 18.8 Å². The highest BCUT2D eigenvalue weighted by Crippen LogP contribution is 2.38. The first kappa shape index (κ1) is 22.2. The van der Waals surface area contributed by atoms with E-state index >= 15 is 0 Å². The minimum Gasteiger partial charge on any atom is -0.475 e. The third kappa shape index (κ3) is 5.37. The molecule has 2 heterocycles. The third-order valence-electron chi connectivity index (χ3n) is 4.56. The Morgan fingerprint density at radius 2 is 1.87 bits per heavy atom. The first-order chi connectivity index (χ1) is 14.7. The average Bonchev–Trinajstić information content (AvgIpc) is 3.51. The Morgan fingerprint density at radius 1 is 1.19 bits per heavy atom. The van der Waals surface area contributed by atoms with Crippen molar-refractivity contribution in [3.63, 3.8) is 0 Å². The van der Waals surface area contributed by atoms with E-state index in [0.717, 1.165) is 22.4 Å². The molecular weight excluding hydrogens is 415 g/mol. The smallest absolute Gasteiger partial charge is 0.475 e. The first-order valence-electron chi connectivity index (χ1n) is 9.40. The van der Waals surface area contributed by atoms with E-state index in [9.17, 15) is 18.0 Å². The molecule has 4 N–H and O–H groups in total. The summed E-state index contributed by atoms with van der Waals surface area (Å²) in [7, 11) is 0. The SMILES string of the molecule is NCc1cccnc1C(=O)NCc1nc2ccccc2n1C1CC1.O=C(O)C(F)(F)F. The first-order valence-corrected chi connectivity index (χ1v) is 9.40. The Morgan fingerprint density at radius 3 is 2.48 bits per heavy atom. The van der Waals surface area contributed by atoms with E-state index < -0.39 is 12.1 Å². The number of aromatic nitrogens is 3. The van der Waals surface area contributed by atoms with Crippen LogP contribution < -0.4 is 11.1 Å². The quantitative estimate of drug-likeness (QED) is 0.566. The van der Waals surface area contributed by atoms with Crippen molar-refractivity contribution >= 4 is 22.9 Å². The minimum atomic E-state index is -5.08. The number of nitrogens with two attached hydrogens (primary N) is 1. The number of alkyl halides is 3. The number of nitrogens with one attached hydrogen (secondary N) is 1. The van der Waals surface area contributed by atoms with Crippen LogP contribution >= 0.6 is 0 Å². The van der Waals surface area contributed by atoms with Gasteiger partial charge < -0.3 is 20.7 Å². The molecule has 2 aromatic heterocycles. The zero-order chi connectivity index (χ0) is 22.6. The van der Waals surface area contributed by atoms with Crippen molar-refractivity contribution in [3.8, 4) is 0 Å². The minimum absolute atomic E-state index is 0.217. The van der Waals surface area contributed by atoms with Gasteiger partial charge in [0.05, 0.1) is 17.6 Å². The van der Waals surface area contributed by atoms with Crippen LogP contribution in [0.25, 0.3) is 11.0 Å². The fourth-order valence-corrected chi connectivity index (χ4v) is 3.01. The van der Waals surface area contributed by atoms with Crippen LogP contribution in [0.4, 0.5) is 13.2 Å². The van der Waals surface area contributed by atoms with Gasteiger partial charge in [0.25, 0.3) is 5.91 Å². The lowest BCUT2D eigenvalue weighted by molar-refractivity contribution is -0.192. The number of hydrogen-bond acceptors (Lipinski definition) is 5. The van der Waals surface area contributed by atoms with Gasteiger partial charge in [0.1, 0.15) is 11.5 Å². The number of fused-ring (bicyclic) bond motifs is 1. The van der Waals surface area contributed by atoms with Gasteiger partial charge in [-0.15, -0.1) is 0 Å². The topological polar surface area (TPSA) is 123 Å². The van der Waals surface area contributed by atoms with E-state index in [1.54, 1.807) is 12.3 Å². The van der Waals surface area contributed by atoms with Gasteiger partial charge in [-0.25, -0.2) is 9.78 Å². The number of carbonyl (C=O) groups excluding carboxylic acids is 1. The fourth-order valence-electron chi connectivity index (χ4n) is 3.01. The Balaban J connectivity index is 0.000000339. The van der Waals surface area contributed by atoms with Crippen LogP contribution in [-0.2, 0) is 17.9 Å². The molecule has 164 valence electrons. The molecule has 1 fully saturated rings. The van der Waals surface area contributed by atoms with Crippen molar-refractivity contribution in [1.82, 2.24) is 19.9 Å². The van der Waals surface area contributed by atoms with Crippen LogP contribution in [0.15, 0.2) is 42.6 Å². The zero-order valence-corrected chi connectivity index (χ0v) is 16.3. The van der Waals surface area contributed by atoms with Crippen molar-refractivity contribution < 1.29 is 27.9 Å². The molecule has 0 saturated heterocycles. The lowest BCUT2D eigenvalue weighted by Crippen LogP contribution is -2.27. The fraction of sp³-hybridized carbons (Fsp3) is 0.300. The molecule has 31 heavy (non-hydrogen) atoms. The number of hydrogen-bond donors (Lipinski definition) is 3. The van der Waals surface area contributed by atoms with Gasteiger partial charge in [0.2, 0.25) is 0 Å². The molecule has 11 heteroatoms. The number of halogens is 3. The van der Waals surface area contributed by atoms with Crippen molar-refractivity contribution in [1.29, 1.82) is 0 Å². The number of pyridine rings is 1. The Labute approximate surface area is 174 Å². The number of aliphatic carboxylic acids is 1. The number of carboxylic acid groups (broad SMARTS) is 1. The third-order valence-corrected chi connectivity index (χ3v) is 4.56. The maximum Gasteiger partial charge on any atom is 0.490 e. The summed E-state index contributed by atoms with van der Waals surface area (Å²) in [6.07, 6.45) is -1.15. The number of rotatable bonds is 5. The van der Waals surface area contributed by atoms with Gasteiger partial charge in [-0.2, -0.15) is 13.2 Å². The molecule has 1 amide bonds. The predicted octanol–water partition coefficient (Wildman–Crippen LogP) is 2.79. The molecule has 4 rings (SSSR count). The summed E-state index contributed by atoms with van der Waals surface area (Å²) in [5.74, 6) is -2.09. The molecule has 1 saturated carbocycles. The van der Waals surface area contributed by atoms with Crippen molar-refractivity contribution in [2.45, 2.75) is 38.1 Å². The van der Waals surface area contributed by atoms with Crippen LogP contribution in [0.5, 0.6) is 0 Å². The van der Waals surface area contributed by atoms with E-state index in [-0.39, 0.29) is 12.5 Å². The summed E-state index contributed by atoms with van der Waals surface area (Å²) < 4.78 is 34.0. The number of carboxylic acids is 1. The van der Waals surface area contributed by atoms with Crippen LogP contribution in [0.1, 0.15) is 40.8 Å². The normalized spacial score (nSPS) is 13.4. The monoisotopic (exact) mass is 435 g/mol. The zero-order valence-electron chi connectivity index (χ0n) is 16.3. The van der Waals surface area contributed by atoms with E-state index in [1.165, 1.54) is 12.8 Å². The van der Waals surface area contributed by atoms with Gasteiger partial charge in [-0.3, -0.25) is 9.78 Å². The predicted molar refractivity (Wildman–Crippen MR) is 105 cm³/mol. The molecule has 0 spiro atoms. The second-order valence-electron chi connectivity index (χ2n) is 6.82. The van der Waals surface area contributed by atoms with Crippen LogP contribution in [0.2, 0.25) is 0 Å². The van der Waals surface area contributed by atoms with Crippen molar-refractivity contribution in [2.75, 3.05) is 0 Å². The molecule has 1 aromatic carbocycles. The van der Waals surface area contributed by atoms with Crippen molar-refractivity contribution in [3.05, 3.63) is 59.7 Å². The lowest BCUT2D eigenvalue weighted by Gasteiger charge is -2.10. The van der Waals surface area contributed by atoms with E-state index in [2.05, 4.69) is 25.9 Å². The summed E-state index contributed by atoms with van der Waals surface area (Å²) in [5, 5.41) is 10.1. The molecule has 0 unspecified atom stereocenters. The van der Waals surface area contributed by atoms with Gasteiger partial charge in [-0.1, -0.05) is 18.2 Å². The molecular formula is C20H20F3N5O3. The number of carbonyl (C=O) groups is 2. The molecule has 3 aromatic rings. The molecule has 0 radical (unpaired) electrons. The maximum absolute atomic E-state index is 12.4. The highest BCUT2D eigenvalue weighted by Gasteiger charge is 2.38. The van der Waals surface area contributed by atoms with Gasteiger partial charge in [-0.05, 0) is 36.6 Å². The standard InChI is InChI=1S/C18H19N5O.C2HF3O2/c19-10-12-4-3-9-20-17(12)18(24)21-11-16-22-14-5-1-2-6-15(14)23(16)13-7-8-13;3-2(4,5)1(6)7/h1-6,9,13H,7-8,10-11,19H2,(H,21,24);(H,6,7). The molecule has 8 nitrogen and oxygen atoms in total. The number of amides is 1. The number of benzene rings is 1. The van der Waals surface area contributed by atoms with Crippen molar-refractivity contribution in [2.24, 2.45) is 5.73 Å². The van der Waals surface area contributed by atoms with Crippen LogP contribution in [0.3, 0.4) is 0 Å². The molecule has 0 bridgehead atoms. The Kier molecular flexibility index (Phi) is 6.54. The van der Waals surface area contributed by atoms with Gasteiger partial charge >= 0.3 is 12.1 Å². The largest absolute Gasteiger partial charge is 0.490 e. The van der Waals surface area contributed by atoms with Crippen LogP contribution in [-0.4, -0.2) is 37.7 Å². The van der Waals surface area contributed by atoms with E-state index in [1.807, 2.05) is 24.3 Å².